The second-order valence-electron chi connectivity index (χ2n) is 5.15. The van der Waals surface area contributed by atoms with Gasteiger partial charge in [-0.3, -0.25) is 4.99 Å². The molecule has 1 rings (SSSR count). The van der Waals surface area contributed by atoms with Gasteiger partial charge in [-0.1, -0.05) is 6.07 Å². The number of aliphatic hydroxyl groups excluding tert-OH is 1. The maximum absolute atomic E-state index is 10.3. The molecule has 124 valence electrons. The number of guanidine groups is 1. The van der Waals surface area contributed by atoms with Crippen LogP contribution in [-0.4, -0.2) is 44.4 Å². The molecule has 0 aliphatic rings. The first-order chi connectivity index (χ1) is 10.5. The highest BCUT2D eigenvalue weighted by molar-refractivity contribution is 5.80. The Balaban J connectivity index is 2.80. The summed E-state index contributed by atoms with van der Waals surface area (Å²) in [7, 11) is 3.15. The van der Waals surface area contributed by atoms with Crippen LogP contribution < -0.4 is 20.1 Å². The number of ether oxygens (including phenoxy) is 2. The number of aliphatic imine (C=N–C) groups is 1. The van der Waals surface area contributed by atoms with E-state index in [1.54, 1.807) is 26.4 Å². The van der Waals surface area contributed by atoms with Gasteiger partial charge in [0.2, 0.25) is 0 Å². The number of benzene rings is 1. The SMILES string of the molecule is CCNC(=NCC(O)c1ccc(OC)c(OC)c1)NC(C)C. The summed E-state index contributed by atoms with van der Waals surface area (Å²) < 4.78 is 10.4. The molecule has 0 amide bonds. The maximum atomic E-state index is 10.3. The molecule has 0 aliphatic carbocycles. The first kappa shape index (κ1) is 18.1. The smallest absolute Gasteiger partial charge is 0.191 e. The molecule has 3 N–H and O–H groups in total. The lowest BCUT2D eigenvalue weighted by molar-refractivity contribution is 0.186. The zero-order valence-corrected chi connectivity index (χ0v) is 14.0. The Labute approximate surface area is 132 Å². The van der Waals surface area contributed by atoms with Crippen molar-refractivity contribution in [1.29, 1.82) is 0 Å². The molecule has 0 aliphatic heterocycles. The predicted molar refractivity (Wildman–Crippen MR) is 88.8 cm³/mol. The van der Waals surface area contributed by atoms with Gasteiger partial charge in [0.25, 0.3) is 0 Å². The van der Waals surface area contributed by atoms with Gasteiger partial charge in [0.15, 0.2) is 17.5 Å². The molecule has 0 aromatic heterocycles. The van der Waals surface area contributed by atoms with Crippen molar-refractivity contribution in [3.8, 4) is 11.5 Å². The first-order valence-electron chi connectivity index (χ1n) is 7.46. The van der Waals surface area contributed by atoms with Crippen LogP contribution in [0.15, 0.2) is 23.2 Å². The highest BCUT2D eigenvalue weighted by atomic mass is 16.5. The summed E-state index contributed by atoms with van der Waals surface area (Å²) >= 11 is 0. The maximum Gasteiger partial charge on any atom is 0.191 e. The third kappa shape index (κ3) is 5.44. The van der Waals surface area contributed by atoms with Crippen molar-refractivity contribution in [2.45, 2.75) is 32.9 Å². The van der Waals surface area contributed by atoms with Crippen LogP contribution in [0.25, 0.3) is 0 Å². The van der Waals surface area contributed by atoms with E-state index in [1.807, 2.05) is 26.8 Å². The van der Waals surface area contributed by atoms with E-state index >= 15 is 0 Å². The van der Waals surface area contributed by atoms with E-state index in [9.17, 15) is 5.11 Å². The average Bonchev–Trinajstić information content (AvgIpc) is 2.51. The number of hydrogen-bond donors (Lipinski definition) is 3. The molecule has 0 saturated heterocycles. The van der Waals surface area contributed by atoms with Gasteiger partial charge in [0.05, 0.1) is 26.9 Å². The van der Waals surface area contributed by atoms with Crippen LogP contribution in [-0.2, 0) is 0 Å². The lowest BCUT2D eigenvalue weighted by atomic mass is 10.1. The van der Waals surface area contributed by atoms with E-state index in [1.165, 1.54) is 0 Å². The van der Waals surface area contributed by atoms with Gasteiger partial charge in [0.1, 0.15) is 0 Å². The van der Waals surface area contributed by atoms with Gasteiger partial charge in [0, 0.05) is 12.6 Å². The van der Waals surface area contributed by atoms with Crippen LogP contribution in [0.3, 0.4) is 0 Å². The van der Waals surface area contributed by atoms with E-state index in [-0.39, 0.29) is 12.6 Å². The molecule has 1 atom stereocenters. The number of rotatable bonds is 7. The molecule has 0 heterocycles. The molecule has 1 unspecified atom stereocenters. The van der Waals surface area contributed by atoms with Crippen LogP contribution in [0.2, 0.25) is 0 Å². The van der Waals surface area contributed by atoms with Crippen LogP contribution in [0.4, 0.5) is 0 Å². The predicted octanol–water partition coefficient (Wildman–Crippen LogP) is 1.70. The van der Waals surface area contributed by atoms with Gasteiger partial charge in [-0.05, 0) is 38.5 Å². The Hall–Kier alpha value is -1.95. The Morgan fingerprint density at radius 1 is 1.23 bits per heavy atom. The lowest BCUT2D eigenvalue weighted by Crippen LogP contribution is -2.41. The van der Waals surface area contributed by atoms with E-state index in [2.05, 4.69) is 15.6 Å². The number of nitrogens with one attached hydrogen (secondary N) is 2. The fourth-order valence-electron chi connectivity index (χ4n) is 1.94. The van der Waals surface area contributed by atoms with Crippen molar-refractivity contribution < 1.29 is 14.6 Å². The number of methoxy groups -OCH3 is 2. The molecular formula is C16H27N3O3. The molecule has 0 saturated carbocycles. The van der Waals surface area contributed by atoms with Crippen molar-refractivity contribution >= 4 is 5.96 Å². The minimum atomic E-state index is -0.706. The largest absolute Gasteiger partial charge is 0.493 e. The average molecular weight is 309 g/mol. The Morgan fingerprint density at radius 3 is 2.45 bits per heavy atom. The van der Waals surface area contributed by atoms with Crippen molar-refractivity contribution in [3.63, 3.8) is 0 Å². The molecule has 1 aromatic carbocycles. The molecular weight excluding hydrogens is 282 g/mol. The quantitative estimate of drug-likeness (QED) is 0.528. The highest BCUT2D eigenvalue weighted by Gasteiger charge is 2.12. The normalized spacial score (nSPS) is 13.0. The number of hydrogen-bond acceptors (Lipinski definition) is 4. The third-order valence-electron chi connectivity index (χ3n) is 2.98. The first-order valence-corrected chi connectivity index (χ1v) is 7.46. The van der Waals surface area contributed by atoms with Crippen molar-refractivity contribution in [2.75, 3.05) is 27.3 Å². The van der Waals surface area contributed by atoms with Gasteiger partial charge in [-0.2, -0.15) is 0 Å². The highest BCUT2D eigenvalue weighted by Crippen LogP contribution is 2.29. The van der Waals surface area contributed by atoms with Crippen LogP contribution in [0.5, 0.6) is 11.5 Å². The summed E-state index contributed by atoms with van der Waals surface area (Å²) in [6.45, 7) is 7.11. The Morgan fingerprint density at radius 2 is 1.91 bits per heavy atom. The molecule has 6 heteroatoms. The summed E-state index contributed by atoms with van der Waals surface area (Å²) in [5.74, 6) is 1.92. The fourth-order valence-corrected chi connectivity index (χ4v) is 1.94. The van der Waals surface area contributed by atoms with Gasteiger partial charge in [-0.25, -0.2) is 0 Å². The van der Waals surface area contributed by atoms with Crippen LogP contribution in [0.1, 0.15) is 32.4 Å². The van der Waals surface area contributed by atoms with Crippen molar-refractivity contribution in [1.82, 2.24) is 10.6 Å². The second kappa shape index (κ2) is 9.15. The number of aliphatic hydroxyl groups is 1. The van der Waals surface area contributed by atoms with Crippen LogP contribution in [0, 0.1) is 0 Å². The van der Waals surface area contributed by atoms with Crippen LogP contribution >= 0.6 is 0 Å². The molecule has 0 radical (unpaired) electrons. The Bertz CT molecular complexity index is 490. The van der Waals surface area contributed by atoms with Gasteiger partial charge in [-0.15, -0.1) is 0 Å². The third-order valence-corrected chi connectivity index (χ3v) is 2.98. The molecule has 0 bridgehead atoms. The monoisotopic (exact) mass is 309 g/mol. The van der Waals surface area contributed by atoms with Crippen molar-refractivity contribution in [2.24, 2.45) is 4.99 Å². The summed E-state index contributed by atoms with van der Waals surface area (Å²) in [4.78, 5) is 4.40. The lowest BCUT2D eigenvalue weighted by Gasteiger charge is -2.16. The number of nitrogens with zero attached hydrogens (tertiary/aromatic N) is 1. The van der Waals surface area contributed by atoms with E-state index < -0.39 is 6.10 Å². The molecule has 22 heavy (non-hydrogen) atoms. The molecule has 0 fully saturated rings. The fraction of sp³-hybridized carbons (Fsp3) is 0.562. The molecule has 0 spiro atoms. The van der Waals surface area contributed by atoms with E-state index in [4.69, 9.17) is 9.47 Å². The van der Waals surface area contributed by atoms with E-state index in [0.29, 0.717) is 17.5 Å². The zero-order chi connectivity index (χ0) is 16.5. The zero-order valence-electron chi connectivity index (χ0n) is 14.0. The summed E-state index contributed by atoms with van der Waals surface area (Å²) in [6.07, 6.45) is -0.706. The minimum Gasteiger partial charge on any atom is -0.493 e. The summed E-state index contributed by atoms with van der Waals surface area (Å²) in [6, 6.07) is 5.63. The minimum absolute atomic E-state index is 0.261. The summed E-state index contributed by atoms with van der Waals surface area (Å²) in [5, 5.41) is 16.7. The van der Waals surface area contributed by atoms with E-state index in [0.717, 1.165) is 12.1 Å². The standard InChI is InChI=1S/C16H27N3O3/c1-6-17-16(19-11(2)3)18-10-13(20)12-7-8-14(21-4)15(9-12)22-5/h7-9,11,13,20H,6,10H2,1-5H3,(H2,17,18,19). The second-order valence-corrected chi connectivity index (χ2v) is 5.15. The topological polar surface area (TPSA) is 75.1 Å². The Kier molecular flexibility index (Phi) is 7.52. The van der Waals surface area contributed by atoms with Crippen molar-refractivity contribution in [3.05, 3.63) is 23.8 Å². The molecule has 1 aromatic rings. The summed E-state index contributed by atoms with van der Waals surface area (Å²) in [5.41, 5.74) is 0.738. The van der Waals surface area contributed by atoms with Gasteiger partial charge >= 0.3 is 0 Å². The van der Waals surface area contributed by atoms with Gasteiger partial charge < -0.3 is 25.2 Å². The molecule has 6 nitrogen and oxygen atoms in total.